The summed E-state index contributed by atoms with van der Waals surface area (Å²) in [6.45, 7) is 1.62. The lowest BCUT2D eigenvalue weighted by atomic mass is 10.2. The Hall–Kier alpha value is -4.24. The molecule has 35 heavy (non-hydrogen) atoms. The number of imidazole rings is 1. The highest BCUT2D eigenvalue weighted by Gasteiger charge is 2.21. The van der Waals surface area contributed by atoms with E-state index in [0.29, 0.717) is 39.1 Å². The third-order valence-corrected chi connectivity index (χ3v) is 6.01. The molecule has 1 atom stereocenters. The molecule has 10 heteroatoms. The van der Waals surface area contributed by atoms with Crippen LogP contribution < -0.4 is 15.2 Å². The lowest BCUT2D eigenvalue weighted by Gasteiger charge is -2.13. The lowest BCUT2D eigenvalue weighted by molar-refractivity contribution is -0.144. The van der Waals surface area contributed by atoms with Crippen LogP contribution in [0.2, 0.25) is 5.02 Å². The third kappa shape index (κ3) is 4.00. The van der Waals surface area contributed by atoms with Gasteiger partial charge in [0.1, 0.15) is 11.5 Å². The van der Waals surface area contributed by atoms with E-state index in [9.17, 15) is 9.59 Å². The van der Waals surface area contributed by atoms with Gasteiger partial charge in [0.15, 0.2) is 17.5 Å². The van der Waals surface area contributed by atoms with Crippen LogP contribution in [0.5, 0.6) is 11.5 Å². The number of hydrogen-bond donors (Lipinski definition) is 1. The zero-order chi connectivity index (χ0) is 24.7. The molecule has 5 rings (SSSR count). The number of benzene rings is 3. The van der Waals surface area contributed by atoms with E-state index in [4.69, 9.17) is 30.7 Å². The summed E-state index contributed by atoms with van der Waals surface area (Å²) >= 11 is 6.20. The van der Waals surface area contributed by atoms with E-state index in [1.807, 2.05) is 24.3 Å². The normalized spacial score (nSPS) is 12.2. The number of halogens is 1. The van der Waals surface area contributed by atoms with E-state index in [2.05, 4.69) is 5.16 Å². The molecule has 0 aliphatic heterocycles. The molecule has 178 valence electrons. The van der Waals surface area contributed by atoms with Gasteiger partial charge in [-0.15, -0.1) is 0 Å². The van der Waals surface area contributed by atoms with Crippen LogP contribution in [-0.4, -0.2) is 38.6 Å². The van der Waals surface area contributed by atoms with Gasteiger partial charge in [0.05, 0.1) is 35.1 Å². The standard InChI is InChI=1S/C25H20ClN3O6/c1-14(24(30)31)34-22-11-15(7-10-18(22)26)13-28-19-5-3-4-6-20(19)29(25(28)32)23-17-9-8-16(33-2)12-21(17)35-27-23/h3-12,14H,13H2,1-2H3,(H,30,31)/t14-/m1/s1. The molecular formula is C25H20ClN3O6. The van der Waals surface area contributed by atoms with Crippen molar-refractivity contribution in [1.29, 1.82) is 0 Å². The van der Waals surface area contributed by atoms with Gasteiger partial charge >= 0.3 is 11.7 Å². The molecule has 0 aliphatic rings. The fourth-order valence-corrected chi connectivity index (χ4v) is 4.08. The number of aromatic nitrogens is 3. The van der Waals surface area contributed by atoms with Crippen LogP contribution >= 0.6 is 11.6 Å². The Balaban J connectivity index is 1.61. The van der Waals surface area contributed by atoms with Gasteiger partial charge in [0, 0.05) is 6.07 Å². The SMILES string of the molecule is COc1ccc2c(-n3c(=O)n(Cc4ccc(Cl)c(O[C@H](C)C(=O)O)c4)c4ccccc43)noc2c1. The Labute approximate surface area is 203 Å². The highest BCUT2D eigenvalue weighted by molar-refractivity contribution is 6.32. The van der Waals surface area contributed by atoms with Crippen LogP contribution in [0.25, 0.3) is 27.8 Å². The predicted octanol–water partition coefficient (Wildman–Crippen LogP) is 4.50. The summed E-state index contributed by atoms with van der Waals surface area (Å²) in [5.41, 5.74) is 2.25. The smallest absolute Gasteiger partial charge is 0.344 e. The monoisotopic (exact) mass is 493 g/mol. The van der Waals surface area contributed by atoms with E-state index < -0.39 is 12.1 Å². The van der Waals surface area contributed by atoms with E-state index >= 15 is 0 Å². The molecule has 0 bridgehead atoms. The predicted molar refractivity (Wildman–Crippen MR) is 130 cm³/mol. The Bertz CT molecular complexity index is 1630. The molecule has 1 N–H and O–H groups in total. The van der Waals surface area contributed by atoms with Gasteiger partial charge < -0.3 is 19.1 Å². The summed E-state index contributed by atoms with van der Waals surface area (Å²) in [5, 5.41) is 14.3. The number of carboxylic acids is 1. The number of rotatable bonds is 7. The average molecular weight is 494 g/mol. The maximum atomic E-state index is 13.7. The molecule has 0 radical (unpaired) electrons. The van der Waals surface area contributed by atoms with Crippen molar-refractivity contribution >= 4 is 39.6 Å². The van der Waals surface area contributed by atoms with Crippen molar-refractivity contribution < 1.29 is 23.9 Å². The highest BCUT2D eigenvalue weighted by atomic mass is 35.5. The van der Waals surface area contributed by atoms with Gasteiger partial charge in [0.2, 0.25) is 0 Å². The Morgan fingerprint density at radius 3 is 2.66 bits per heavy atom. The molecule has 0 saturated heterocycles. The summed E-state index contributed by atoms with van der Waals surface area (Å²) in [4.78, 5) is 24.9. The van der Waals surface area contributed by atoms with E-state index in [1.165, 1.54) is 11.5 Å². The Morgan fingerprint density at radius 1 is 1.14 bits per heavy atom. The minimum atomic E-state index is -1.11. The zero-order valence-electron chi connectivity index (χ0n) is 18.8. The largest absolute Gasteiger partial charge is 0.497 e. The van der Waals surface area contributed by atoms with Gasteiger partial charge in [0.25, 0.3) is 0 Å². The molecule has 5 aromatic rings. The number of carboxylic acid groups (broad SMARTS) is 1. The first-order valence-corrected chi connectivity index (χ1v) is 11.1. The summed E-state index contributed by atoms with van der Waals surface area (Å²) in [6, 6.07) is 17.7. The number of nitrogens with zero attached hydrogens (tertiary/aromatic N) is 3. The molecule has 0 fully saturated rings. The molecule has 0 unspecified atom stereocenters. The molecule has 2 heterocycles. The van der Waals surface area contributed by atoms with Crippen LogP contribution in [0.4, 0.5) is 0 Å². The minimum absolute atomic E-state index is 0.199. The van der Waals surface area contributed by atoms with Crippen LogP contribution in [-0.2, 0) is 11.3 Å². The highest BCUT2D eigenvalue weighted by Crippen LogP contribution is 2.29. The van der Waals surface area contributed by atoms with E-state index in [1.54, 1.807) is 48.1 Å². The summed E-state index contributed by atoms with van der Waals surface area (Å²) in [6.07, 6.45) is -1.08. The molecule has 0 amide bonds. The fraction of sp³-hybridized carbons (Fsp3) is 0.160. The molecule has 0 spiro atoms. The number of fused-ring (bicyclic) bond motifs is 2. The summed E-state index contributed by atoms with van der Waals surface area (Å²) < 4.78 is 19.3. The molecule has 0 saturated carbocycles. The molecule has 2 aromatic heterocycles. The second-order valence-corrected chi connectivity index (χ2v) is 8.33. The maximum absolute atomic E-state index is 13.7. The maximum Gasteiger partial charge on any atom is 0.344 e. The summed E-state index contributed by atoms with van der Waals surface area (Å²) in [5.74, 6) is 0.112. The van der Waals surface area contributed by atoms with Gasteiger partial charge in [-0.2, -0.15) is 0 Å². The van der Waals surface area contributed by atoms with Crippen molar-refractivity contribution in [2.75, 3.05) is 7.11 Å². The van der Waals surface area contributed by atoms with Crippen molar-refractivity contribution in [3.8, 4) is 17.3 Å². The van der Waals surface area contributed by atoms with Crippen LogP contribution in [0.3, 0.4) is 0 Å². The van der Waals surface area contributed by atoms with E-state index in [-0.39, 0.29) is 23.0 Å². The van der Waals surface area contributed by atoms with Gasteiger partial charge in [-0.25, -0.2) is 14.2 Å². The van der Waals surface area contributed by atoms with Crippen LogP contribution in [0.15, 0.2) is 70.0 Å². The second-order valence-electron chi connectivity index (χ2n) is 7.92. The van der Waals surface area contributed by atoms with Crippen molar-refractivity contribution in [1.82, 2.24) is 14.3 Å². The van der Waals surface area contributed by atoms with Crippen molar-refractivity contribution in [2.45, 2.75) is 19.6 Å². The number of ether oxygens (including phenoxy) is 2. The number of methoxy groups -OCH3 is 1. The third-order valence-electron chi connectivity index (χ3n) is 5.70. The molecule has 9 nitrogen and oxygen atoms in total. The Kier molecular flexibility index (Phi) is 5.70. The number of carbonyl (C=O) groups is 1. The van der Waals surface area contributed by atoms with Crippen molar-refractivity contribution in [3.05, 3.63) is 81.7 Å². The minimum Gasteiger partial charge on any atom is -0.497 e. The van der Waals surface area contributed by atoms with Crippen molar-refractivity contribution in [3.63, 3.8) is 0 Å². The first-order valence-electron chi connectivity index (χ1n) is 10.7. The summed E-state index contributed by atoms with van der Waals surface area (Å²) in [7, 11) is 1.56. The average Bonchev–Trinajstić information content (AvgIpc) is 3.38. The molecule has 3 aromatic carbocycles. The number of para-hydroxylation sites is 2. The van der Waals surface area contributed by atoms with Gasteiger partial charge in [-0.05, 0) is 48.9 Å². The second kappa shape index (κ2) is 8.84. The molecule has 0 aliphatic carbocycles. The zero-order valence-corrected chi connectivity index (χ0v) is 19.5. The fourth-order valence-electron chi connectivity index (χ4n) is 3.92. The van der Waals surface area contributed by atoms with Crippen molar-refractivity contribution in [2.24, 2.45) is 0 Å². The Morgan fingerprint density at radius 2 is 1.91 bits per heavy atom. The van der Waals surface area contributed by atoms with Crippen LogP contribution in [0.1, 0.15) is 12.5 Å². The van der Waals surface area contributed by atoms with Crippen LogP contribution in [0, 0.1) is 0 Å². The topological polar surface area (TPSA) is 109 Å². The quantitative estimate of drug-likeness (QED) is 0.355. The molecular weight excluding hydrogens is 474 g/mol. The first-order chi connectivity index (χ1) is 16.9. The van der Waals surface area contributed by atoms with Gasteiger partial charge in [-0.3, -0.25) is 4.57 Å². The first kappa shape index (κ1) is 22.5. The van der Waals surface area contributed by atoms with E-state index in [0.717, 1.165) is 0 Å². The number of aliphatic carboxylic acids is 1. The lowest BCUT2D eigenvalue weighted by Crippen LogP contribution is -2.24. The van der Waals surface area contributed by atoms with Gasteiger partial charge in [-0.1, -0.05) is 35.0 Å². The number of hydrogen-bond acceptors (Lipinski definition) is 6.